The van der Waals surface area contributed by atoms with Crippen molar-refractivity contribution in [2.45, 2.75) is 62.0 Å². The summed E-state index contributed by atoms with van der Waals surface area (Å²) >= 11 is 0. The largest absolute Gasteiger partial charge is 0.514 e. The number of hydrogen-bond acceptors (Lipinski definition) is 17. The summed E-state index contributed by atoms with van der Waals surface area (Å²) < 4.78 is 62.3. The van der Waals surface area contributed by atoms with Crippen LogP contribution in [0.4, 0.5) is 4.79 Å². The third-order valence-electron chi connectivity index (χ3n) is 9.52. The van der Waals surface area contributed by atoms with E-state index in [-0.39, 0.29) is 37.3 Å². The Morgan fingerprint density at radius 1 is 0.960 bits per heavy atom. The molecule has 17 nitrogen and oxygen atoms in total. The second-order valence-corrected chi connectivity index (χ2v) is 12.5. The molecule has 3 saturated heterocycles. The van der Waals surface area contributed by atoms with Gasteiger partial charge in [0.1, 0.15) is 37.1 Å². The minimum absolute atomic E-state index is 0.0271. The second kappa shape index (κ2) is 14.0. The van der Waals surface area contributed by atoms with Gasteiger partial charge in [-0.05, 0) is 47.9 Å². The highest BCUT2D eigenvalue weighted by molar-refractivity contribution is 5.79. The van der Waals surface area contributed by atoms with Gasteiger partial charge in [-0.2, -0.15) is 0 Å². The van der Waals surface area contributed by atoms with Crippen molar-refractivity contribution in [3.05, 3.63) is 41.0 Å². The normalized spacial score (nSPS) is 33.0. The maximum atomic E-state index is 13.6. The molecule has 50 heavy (non-hydrogen) atoms. The average Bonchev–Trinajstić information content (AvgIpc) is 3.74. The van der Waals surface area contributed by atoms with Crippen LogP contribution in [0.15, 0.2) is 24.3 Å². The highest BCUT2D eigenvalue weighted by Gasteiger charge is 2.56. The lowest BCUT2D eigenvalue weighted by Gasteiger charge is -2.47. The summed E-state index contributed by atoms with van der Waals surface area (Å²) in [7, 11) is 2.71. The highest BCUT2D eigenvalue weighted by atomic mass is 16.8. The molecule has 11 atom stereocenters. The fraction of sp³-hybridized carbons (Fsp3) is 0.576. The lowest BCUT2D eigenvalue weighted by Crippen LogP contribution is -2.63. The fourth-order valence-corrected chi connectivity index (χ4v) is 7.15. The molecular formula is C33H38O17. The van der Waals surface area contributed by atoms with Crippen LogP contribution in [0.2, 0.25) is 0 Å². The van der Waals surface area contributed by atoms with Crippen LogP contribution in [-0.2, 0) is 33.2 Å². The van der Waals surface area contributed by atoms with Gasteiger partial charge >= 0.3 is 12.1 Å². The van der Waals surface area contributed by atoms with Crippen LogP contribution in [0.5, 0.6) is 28.7 Å². The Labute approximate surface area is 285 Å². The maximum absolute atomic E-state index is 13.6. The Morgan fingerprint density at radius 3 is 2.34 bits per heavy atom. The molecule has 1 aliphatic carbocycles. The van der Waals surface area contributed by atoms with Crippen LogP contribution in [0.3, 0.4) is 0 Å². The number of carbonyl (C=O) groups excluding carboxylic acids is 2. The fourth-order valence-electron chi connectivity index (χ4n) is 7.15. The number of benzene rings is 2. The summed E-state index contributed by atoms with van der Waals surface area (Å²) in [6.45, 7) is 0.611. The summed E-state index contributed by atoms with van der Waals surface area (Å²) in [6.07, 6.45) is -9.66. The summed E-state index contributed by atoms with van der Waals surface area (Å²) in [5.41, 5.74) is 1.73. The van der Waals surface area contributed by atoms with E-state index in [2.05, 4.69) is 0 Å². The van der Waals surface area contributed by atoms with E-state index in [1.807, 2.05) is 0 Å². The molecule has 1 unspecified atom stereocenters. The van der Waals surface area contributed by atoms with Gasteiger partial charge in [-0.3, -0.25) is 4.79 Å². The lowest BCUT2D eigenvalue weighted by atomic mass is 9.66. The van der Waals surface area contributed by atoms with E-state index in [1.54, 1.807) is 31.2 Å². The number of ether oxygens (including phenoxy) is 11. The second-order valence-electron chi connectivity index (χ2n) is 12.5. The molecule has 272 valence electrons. The number of methoxy groups -OCH3 is 2. The summed E-state index contributed by atoms with van der Waals surface area (Å²) in [4.78, 5) is 26.1. The van der Waals surface area contributed by atoms with E-state index in [4.69, 9.17) is 57.2 Å². The number of rotatable bonds is 9. The number of aliphatic hydroxyl groups is 4. The van der Waals surface area contributed by atoms with Crippen molar-refractivity contribution >= 4 is 12.1 Å². The molecule has 7 rings (SSSR count). The van der Waals surface area contributed by atoms with E-state index in [0.29, 0.717) is 28.2 Å². The monoisotopic (exact) mass is 706 g/mol. The zero-order valence-electron chi connectivity index (χ0n) is 27.3. The van der Waals surface area contributed by atoms with Gasteiger partial charge in [0.25, 0.3) is 0 Å². The molecule has 2 aromatic rings. The van der Waals surface area contributed by atoms with Gasteiger partial charge in [-0.25, -0.2) is 4.79 Å². The van der Waals surface area contributed by atoms with E-state index >= 15 is 0 Å². The Balaban J connectivity index is 1.26. The van der Waals surface area contributed by atoms with Crippen molar-refractivity contribution in [3.8, 4) is 28.7 Å². The molecule has 4 heterocycles. The van der Waals surface area contributed by atoms with Crippen molar-refractivity contribution < 1.29 is 82.1 Å². The first kappa shape index (κ1) is 34.5. The molecule has 0 saturated carbocycles. The van der Waals surface area contributed by atoms with E-state index < -0.39 is 92.3 Å². The molecule has 0 spiro atoms. The number of fused-ring (bicyclic) bond motifs is 4. The van der Waals surface area contributed by atoms with Gasteiger partial charge in [0.05, 0.1) is 46.1 Å². The number of cyclic esters (lactones) is 1. The van der Waals surface area contributed by atoms with E-state index in [9.17, 15) is 24.9 Å². The molecule has 3 fully saturated rings. The van der Waals surface area contributed by atoms with E-state index in [1.165, 1.54) is 14.2 Å². The van der Waals surface area contributed by atoms with Crippen LogP contribution < -0.4 is 23.7 Å². The van der Waals surface area contributed by atoms with Gasteiger partial charge in [-0.1, -0.05) is 0 Å². The van der Waals surface area contributed by atoms with Crippen LogP contribution in [0, 0.1) is 11.8 Å². The first-order chi connectivity index (χ1) is 24.1. The average molecular weight is 707 g/mol. The van der Waals surface area contributed by atoms with Crippen molar-refractivity contribution in [1.29, 1.82) is 0 Å². The topological polar surface area (TPSA) is 217 Å². The third kappa shape index (κ3) is 6.17. The van der Waals surface area contributed by atoms with Crippen molar-refractivity contribution in [2.75, 3.05) is 47.4 Å². The molecule has 5 aliphatic rings. The van der Waals surface area contributed by atoms with Gasteiger partial charge < -0.3 is 72.5 Å². The Hall–Kier alpha value is -3.94. The first-order valence-electron chi connectivity index (χ1n) is 16.0. The van der Waals surface area contributed by atoms with Gasteiger partial charge in [0.15, 0.2) is 35.6 Å². The van der Waals surface area contributed by atoms with E-state index in [0.717, 1.165) is 0 Å². The standard InChI is InChI=1S/C33H38O17/c1-13-42-11-23-30(47-13)26(36)27(37)32(48-23)49-28-17-7-20-19(45-12-46-20)6-16(17)24(25-18(28)10-43-31(25)38)14-4-21(40-2)29(22(5-14)41-3)50-33(39)44-9-15(35)8-34/h4-7,13,15,18,23-28,30,32,34-37H,8-12H2,1-3H3/t13-,15?,18+,23-,24-,25+,26-,27-,28+,30-,32+/m1/s1. The summed E-state index contributed by atoms with van der Waals surface area (Å²) in [6, 6.07) is 6.68. The maximum Gasteiger partial charge on any atom is 0.514 e. The van der Waals surface area contributed by atoms with Crippen LogP contribution in [-0.4, -0.2) is 123 Å². The first-order valence-corrected chi connectivity index (χ1v) is 16.0. The quantitative estimate of drug-likeness (QED) is 0.206. The SMILES string of the molecule is COc1cc([C@@H]2c3cc4c(cc3[C@H](O[C@@H]3O[C@@H]5CO[C@@H](C)O[C@H]5[C@H](O)[C@H]3O)[C@H]3COC(=O)[C@H]23)OCO4)cc(OC)c1OC(=O)OCC(O)CO. The predicted octanol–water partition coefficient (Wildman–Crippen LogP) is 0.502. The number of aliphatic hydroxyl groups excluding tert-OH is 4. The van der Waals surface area contributed by atoms with Gasteiger partial charge in [-0.15, -0.1) is 0 Å². The number of esters is 1. The Bertz CT molecular complexity index is 1570. The molecule has 4 N–H and O–H groups in total. The Morgan fingerprint density at radius 2 is 1.66 bits per heavy atom. The molecular weight excluding hydrogens is 668 g/mol. The van der Waals surface area contributed by atoms with Crippen LogP contribution in [0.25, 0.3) is 0 Å². The summed E-state index contributed by atoms with van der Waals surface area (Å²) in [5.74, 6) is -1.76. The van der Waals surface area contributed by atoms with Crippen molar-refractivity contribution in [3.63, 3.8) is 0 Å². The predicted molar refractivity (Wildman–Crippen MR) is 162 cm³/mol. The number of carbonyl (C=O) groups is 2. The van der Waals surface area contributed by atoms with Crippen molar-refractivity contribution in [1.82, 2.24) is 0 Å². The zero-order valence-corrected chi connectivity index (χ0v) is 27.3. The molecule has 17 heteroatoms. The minimum Gasteiger partial charge on any atom is -0.493 e. The summed E-state index contributed by atoms with van der Waals surface area (Å²) in [5, 5.41) is 40.7. The Kier molecular flexibility index (Phi) is 9.66. The molecule has 0 amide bonds. The molecule has 0 radical (unpaired) electrons. The molecule has 0 aromatic heterocycles. The van der Waals surface area contributed by atoms with Crippen LogP contribution in [0.1, 0.15) is 35.6 Å². The molecule has 2 aromatic carbocycles. The molecule has 0 bridgehead atoms. The van der Waals surface area contributed by atoms with Gasteiger partial charge in [0, 0.05) is 11.8 Å². The molecule has 4 aliphatic heterocycles. The lowest BCUT2D eigenvalue weighted by molar-refractivity contribution is -0.364. The minimum atomic E-state index is -1.49. The highest BCUT2D eigenvalue weighted by Crippen LogP contribution is 2.57. The third-order valence-corrected chi connectivity index (χ3v) is 9.52. The smallest absolute Gasteiger partial charge is 0.493 e. The number of hydrogen-bond donors (Lipinski definition) is 4. The van der Waals surface area contributed by atoms with Gasteiger partial charge in [0.2, 0.25) is 12.5 Å². The zero-order chi connectivity index (χ0) is 35.3. The van der Waals surface area contributed by atoms with Crippen molar-refractivity contribution in [2.24, 2.45) is 11.8 Å². The van der Waals surface area contributed by atoms with Crippen LogP contribution >= 0.6 is 0 Å².